The van der Waals surface area contributed by atoms with Crippen LogP contribution >= 0.6 is 0 Å². The molecule has 11 heteroatoms. The van der Waals surface area contributed by atoms with E-state index in [1.165, 1.54) is 6.92 Å². The molecule has 150 valence electrons. The molecule has 0 aromatic carbocycles. The number of nitrogens with two attached hydrogens (primary N) is 1. The van der Waals surface area contributed by atoms with Crippen molar-refractivity contribution in [3.63, 3.8) is 0 Å². The van der Waals surface area contributed by atoms with E-state index < -0.39 is 30.3 Å². The first-order valence-electron chi connectivity index (χ1n) is 8.36. The second-order valence-electron chi connectivity index (χ2n) is 6.95. The van der Waals surface area contributed by atoms with Crippen LogP contribution in [-0.2, 0) is 6.18 Å². The van der Waals surface area contributed by atoms with Gasteiger partial charge in [0.05, 0.1) is 11.3 Å². The minimum atomic E-state index is -4.71. The number of piperidine rings is 1. The van der Waals surface area contributed by atoms with Crippen molar-refractivity contribution in [1.29, 1.82) is 0 Å². The van der Waals surface area contributed by atoms with Crippen LogP contribution in [0.25, 0.3) is 0 Å². The van der Waals surface area contributed by atoms with Gasteiger partial charge in [-0.05, 0) is 43.8 Å². The molecular weight excluding hydrogens is 376 g/mol. The summed E-state index contributed by atoms with van der Waals surface area (Å²) in [5.41, 5.74) is 4.10. The molecular formula is C16H19F6N5. The fraction of sp³-hybridized carbons (Fsp3) is 0.625. The van der Waals surface area contributed by atoms with Crippen molar-refractivity contribution in [2.24, 2.45) is 22.9 Å². The van der Waals surface area contributed by atoms with Crippen LogP contribution in [0.3, 0.4) is 0 Å². The van der Waals surface area contributed by atoms with Gasteiger partial charge in [-0.15, -0.1) is 0 Å². The summed E-state index contributed by atoms with van der Waals surface area (Å²) in [6.45, 7) is 1.75. The molecule has 0 radical (unpaired) electrons. The van der Waals surface area contributed by atoms with Gasteiger partial charge >= 0.3 is 12.4 Å². The second-order valence-corrected chi connectivity index (χ2v) is 6.95. The minimum Gasteiger partial charge on any atom is -0.383 e. The summed E-state index contributed by atoms with van der Waals surface area (Å²) in [5, 5.41) is 8.01. The number of halogens is 6. The SMILES string of the molecule is CC(=NN(CC1C2CNCC21)CC(F)(F)F)c1cnc(N)c(C(F)(F)F)c1. The number of rotatable bonds is 5. The summed E-state index contributed by atoms with van der Waals surface area (Å²) < 4.78 is 77.6. The topological polar surface area (TPSA) is 66.5 Å². The fourth-order valence-corrected chi connectivity index (χ4v) is 3.58. The lowest BCUT2D eigenvalue weighted by Crippen LogP contribution is -2.34. The Morgan fingerprint density at radius 1 is 1.26 bits per heavy atom. The van der Waals surface area contributed by atoms with Crippen LogP contribution in [0.4, 0.5) is 32.2 Å². The molecule has 5 nitrogen and oxygen atoms in total. The third-order valence-electron chi connectivity index (χ3n) is 4.99. The zero-order valence-electron chi connectivity index (χ0n) is 14.4. The second kappa shape index (κ2) is 6.84. The van der Waals surface area contributed by atoms with Crippen LogP contribution < -0.4 is 11.1 Å². The number of nitrogen functional groups attached to an aromatic ring is 1. The summed E-state index contributed by atoms with van der Waals surface area (Å²) in [6, 6.07) is 0.753. The lowest BCUT2D eigenvalue weighted by Gasteiger charge is -2.23. The van der Waals surface area contributed by atoms with Crippen molar-refractivity contribution in [2.75, 3.05) is 31.9 Å². The Hall–Kier alpha value is -2.04. The molecule has 1 aromatic rings. The highest BCUT2D eigenvalue weighted by molar-refractivity contribution is 5.98. The highest BCUT2D eigenvalue weighted by atomic mass is 19.4. The Morgan fingerprint density at radius 2 is 1.89 bits per heavy atom. The summed E-state index contributed by atoms with van der Waals surface area (Å²) in [7, 11) is 0. The molecule has 3 rings (SSSR count). The van der Waals surface area contributed by atoms with Gasteiger partial charge < -0.3 is 11.1 Å². The van der Waals surface area contributed by atoms with E-state index in [1.807, 2.05) is 0 Å². The van der Waals surface area contributed by atoms with E-state index in [1.54, 1.807) is 0 Å². The van der Waals surface area contributed by atoms with Crippen LogP contribution in [0.1, 0.15) is 18.1 Å². The number of pyridine rings is 1. The van der Waals surface area contributed by atoms with Gasteiger partial charge in [-0.3, -0.25) is 5.01 Å². The largest absolute Gasteiger partial charge is 0.419 e. The monoisotopic (exact) mass is 395 g/mol. The van der Waals surface area contributed by atoms with Gasteiger partial charge in [0.1, 0.15) is 12.4 Å². The molecule has 0 bridgehead atoms. The highest BCUT2D eigenvalue weighted by Crippen LogP contribution is 2.49. The lowest BCUT2D eigenvalue weighted by atomic mass is 10.1. The van der Waals surface area contributed by atoms with Crippen LogP contribution in [0.15, 0.2) is 17.4 Å². The minimum absolute atomic E-state index is 0.0150. The molecule has 3 N–H and O–H groups in total. The van der Waals surface area contributed by atoms with Crippen molar-refractivity contribution in [3.8, 4) is 0 Å². The van der Waals surface area contributed by atoms with E-state index in [0.29, 0.717) is 11.8 Å². The number of hydrogen-bond acceptors (Lipinski definition) is 5. The van der Waals surface area contributed by atoms with E-state index in [4.69, 9.17) is 5.73 Å². The number of anilines is 1. The maximum atomic E-state index is 13.0. The van der Waals surface area contributed by atoms with Crippen LogP contribution in [0.5, 0.6) is 0 Å². The van der Waals surface area contributed by atoms with E-state index in [9.17, 15) is 26.3 Å². The molecule has 2 heterocycles. The smallest absolute Gasteiger partial charge is 0.383 e. The van der Waals surface area contributed by atoms with Crippen molar-refractivity contribution in [2.45, 2.75) is 19.3 Å². The predicted molar refractivity (Wildman–Crippen MR) is 86.8 cm³/mol. The number of hydrazone groups is 1. The van der Waals surface area contributed by atoms with E-state index in [0.717, 1.165) is 30.4 Å². The number of aromatic nitrogens is 1. The Morgan fingerprint density at radius 3 is 2.44 bits per heavy atom. The van der Waals surface area contributed by atoms with E-state index in [2.05, 4.69) is 15.4 Å². The number of hydrogen-bond donors (Lipinski definition) is 2. The molecule has 1 saturated carbocycles. The lowest BCUT2D eigenvalue weighted by molar-refractivity contribution is -0.146. The normalized spacial score (nSPS) is 25.4. The van der Waals surface area contributed by atoms with E-state index in [-0.39, 0.29) is 23.7 Å². The van der Waals surface area contributed by atoms with Gasteiger partial charge in [0.2, 0.25) is 0 Å². The van der Waals surface area contributed by atoms with Crippen molar-refractivity contribution in [3.05, 3.63) is 23.4 Å². The Kier molecular flexibility index (Phi) is 5.00. The van der Waals surface area contributed by atoms with Gasteiger partial charge in [0.25, 0.3) is 0 Å². The number of alkyl halides is 6. The van der Waals surface area contributed by atoms with E-state index >= 15 is 0 Å². The standard InChI is InChI=1S/C16H19F6N5/c1-8(9-2-13(16(20,21)22)14(23)25-3-9)26-27(7-15(17,18)19)6-12-10-4-24-5-11(10)12/h2-3,10-12,24H,4-7H2,1H3,(H2,23,25). The molecule has 27 heavy (non-hydrogen) atoms. The molecule has 2 unspecified atom stereocenters. The van der Waals surface area contributed by atoms with Gasteiger partial charge in [0, 0.05) is 18.3 Å². The first-order valence-corrected chi connectivity index (χ1v) is 8.36. The number of nitrogens with zero attached hydrogens (tertiary/aromatic N) is 3. The average Bonchev–Trinajstić information content (AvgIpc) is 2.94. The molecule has 1 aliphatic heterocycles. The van der Waals surface area contributed by atoms with Crippen molar-refractivity contribution < 1.29 is 26.3 Å². The summed E-state index contributed by atoms with van der Waals surface area (Å²) >= 11 is 0. The average molecular weight is 395 g/mol. The number of nitrogens with one attached hydrogen (secondary N) is 1. The molecule has 2 aliphatic rings. The zero-order valence-corrected chi connectivity index (χ0v) is 14.4. The van der Waals surface area contributed by atoms with Gasteiger partial charge in [-0.25, -0.2) is 4.98 Å². The fourth-order valence-electron chi connectivity index (χ4n) is 3.58. The number of fused-ring (bicyclic) bond motifs is 1. The third-order valence-corrected chi connectivity index (χ3v) is 4.99. The molecule has 0 amide bonds. The molecule has 2 atom stereocenters. The molecule has 0 spiro atoms. The Labute approximate surface area is 151 Å². The van der Waals surface area contributed by atoms with Gasteiger partial charge in [-0.1, -0.05) is 0 Å². The maximum Gasteiger partial charge on any atom is 0.419 e. The molecule has 1 aromatic heterocycles. The summed E-state index contributed by atoms with van der Waals surface area (Å²) in [5.74, 6) is 0.0995. The summed E-state index contributed by atoms with van der Waals surface area (Å²) in [6.07, 6.45) is -8.11. The van der Waals surface area contributed by atoms with Crippen molar-refractivity contribution >= 4 is 11.5 Å². The summed E-state index contributed by atoms with van der Waals surface area (Å²) in [4.78, 5) is 3.50. The Balaban J connectivity index is 1.81. The maximum absolute atomic E-state index is 13.0. The first kappa shape index (κ1) is 19.7. The first-order chi connectivity index (χ1) is 12.5. The van der Waals surface area contributed by atoms with Crippen LogP contribution in [0, 0.1) is 17.8 Å². The quantitative estimate of drug-likeness (QED) is 0.457. The van der Waals surface area contributed by atoms with Gasteiger partial charge in [0.15, 0.2) is 0 Å². The molecule has 1 saturated heterocycles. The van der Waals surface area contributed by atoms with Gasteiger partial charge in [-0.2, -0.15) is 31.4 Å². The highest BCUT2D eigenvalue weighted by Gasteiger charge is 2.53. The predicted octanol–water partition coefficient (Wildman–Crippen LogP) is 2.74. The van der Waals surface area contributed by atoms with Crippen LogP contribution in [-0.4, -0.2) is 48.1 Å². The third kappa shape index (κ3) is 4.63. The molecule has 1 aliphatic carbocycles. The van der Waals surface area contributed by atoms with Crippen molar-refractivity contribution in [1.82, 2.24) is 15.3 Å². The van der Waals surface area contributed by atoms with Crippen LogP contribution in [0.2, 0.25) is 0 Å². The zero-order chi connectivity index (χ0) is 20.0. The Bertz CT molecular complexity index is 719. The molecule has 2 fully saturated rings.